The van der Waals surface area contributed by atoms with Gasteiger partial charge < -0.3 is 15.2 Å². The summed E-state index contributed by atoms with van der Waals surface area (Å²) in [6.07, 6.45) is 1.66. The van der Waals surface area contributed by atoms with E-state index in [9.17, 15) is 4.79 Å². The van der Waals surface area contributed by atoms with Gasteiger partial charge in [0.25, 0.3) is 5.91 Å². The summed E-state index contributed by atoms with van der Waals surface area (Å²) in [7, 11) is 0. The van der Waals surface area contributed by atoms with Crippen molar-refractivity contribution in [2.24, 2.45) is 0 Å². The lowest BCUT2D eigenvalue weighted by Crippen LogP contribution is -2.23. The Bertz CT molecular complexity index is 892. The number of nitrogens with zero attached hydrogens (tertiary/aromatic N) is 1. The summed E-state index contributed by atoms with van der Waals surface area (Å²) >= 11 is 0. The van der Waals surface area contributed by atoms with Crippen molar-refractivity contribution in [1.82, 2.24) is 10.3 Å². The maximum atomic E-state index is 12.3. The number of hydrogen-bond donors (Lipinski definition) is 2. The molecule has 0 aliphatic heterocycles. The molecule has 0 saturated carbocycles. The number of para-hydroxylation sites is 1. The third-order valence-electron chi connectivity index (χ3n) is 3.99. The number of aliphatic hydroxyl groups excluding tert-OH is 1. The van der Waals surface area contributed by atoms with Gasteiger partial charge in [-0.05, 0) is 42.3 Å². The van der Waals surface area contributed by atoms with Crippen LogP contribution in [0.5, 0.6) is 11.6 Å². The number of carbonyl (C=O) groups is 1. The molecule has 0 aliphatic carbocycles. The van der Waals surface area contributed by atoms with E-state index in [1.807, 2.05) is 43.3 Å². The number of nitrogens with one attached hydrogen (secondary N) is 1. The molecule has 0 aliphatic rings. The Hall–Kier alpha value is -3.18. The van der Waals surface area contributed by atoms with Crippen molar-refractivity contribution >= 4 is 5.91 Å². The van der Waals surface area contributed by atoms with Crippen LogP contribution in [0.3, 0.4) is 0 Å². The Labute approximate surface area is 152 Å². The molecule has 5 heteroatoms. The predicted octanol–water partition coefficient (Wildman–Crippen LogP) is 3.60. The molecule has 1 amide bonds. The minimum absolute atomic E-state index is 0.0445. The number of aromatic nitrogens is 1. The molecule has 0 spiro atoms. The van der Waals surface area contributed by atoms with Gasteiger partial charge in [-0.1, -0.05) is 36.4 Å². The van der Waals surface area contributed by atoms with Gasteiger partial charge in [-0.2, -0.15) is 0 Å². The van der Waals surface area contributed by atoms with Crippen LogP contribution in [-0.4, -0.2) is 16.0 Å². The quantitative estimate of drug-likeness (QED) is 0.714. The molecule has 0 unspecified atom stereocenters. The highest BCUT2D eigenvalue weighted by molar-refractivity contribution is 5.94. The van der Waals surface area contributed by atoms with Crippen molar-refractivity contribution in [2.75, 3.05) is 0 Å². The first-order chi connectivity index (χ1) is 12.7. The van der Waals surface area contributed by atoms with E-state index in [4.69, 9.17) is 9.84 Å². The van der Waals surface area contributed by atoms with Crippen LogP contribution >= 0.6 is 0 Å². The van der Waals surface area contributed by atoms with E-state index in [1.54, 1.807) is 30.5 Å². The molecule has 2 aromatic carbocycles. The fourth-order valence-corrected chi connectivity index (χ4v) is 2.46. The van der Waals surface area contributed by atoms with Crippen LogP contribution in [0, 0.1) is 6.92 Å². The van der Waals surface area contributed by atoms with Gasteiger partial charge in [0.05, 0.1) is 6.61 Å². The topological polar surface area (TPSA) is 71.5 Å². The van der Waals surface area contributed by atoms with E-state index in [0.29, 0.717) is 18.0 Å². The average Bonchev–Trinajstić information content (AvgIpc) is 2.69. The zero-order chi connectivity index (χ0) is 18.4. The van der Waals surface area contributed by atoms with E-state index >= 15 is 0 Å². The highest BCUT2D eigenvalue weighted by Crippen LogP contribution is 2.25. The molecular formula is C21H20N2O3. The number of carbonyl (C=O) groups excluding carboxylic acids is 1. The number of pyridine rings is 1. The molecule has 0 atom stereocenters. The van der Waals surface area contributed by atoms with Gasteiger partial charge in [0.1, 0.15) is 5.75 Å². The van der Waals surface area contributed by atoms with Gasteiger partial charge in [-0.25, -0.2) is 4.98 Å². The average molecular weight is 348 g/mol. The maximum Gasteiger partial charge on any atom is 0.251 e. The monoisotopic (exact) mass is 348 g/mol. The van der Waals surface area contributed by atoms with Gasteiger partial charge >= 0.3 is 0 Å². The van der Waals surface area contributed by atoms with Crippen molar-refractivity contribution in [3.8, 4) is 11.6 Å². The fraction of sp³-hybridized carbons (Fsp3) is 0.143. The van der Waals surface area contributed by atoms with Crippen LogP contribution in [0.2, 0.25) is 0 Å². The minimum Gasteiger partial charge on any atom is -0.438 e. The fourth-order valence-electron chi connectivity index (χ4n) is 2.46. The second kappa shape index (κ2) is 8.27. The Morgan fingerprint density at radius 2 is 1.85 bits per heavy atom. The molecule has 3 aromatic rings. The summed E-state index contributed by atoms with van der Waals surface area (Å²) in [5, 5.41) is 11.9. The summed E-state index contributed by atoms with van der Waals surface area (Å²) < 4.78 is 5.92. The van der Waals surface area contributed by atoms with Gasteiger partial charge in [-0.3, -0.25) is 4.79 Å². The Balaban J connectivity index is 1.70. The normalized spacial score (nSPS) is 10.4. The lowest BCUT2D eigenvalue weighted by Gasteiger charge is -2.12. The largest absolute Gasteiger partial charge is 0.438 e. The van der Waals surface area contributed by atoms with Gasteiger partial charge in [0, 0.05) is 23.9 Å². The van der Waals surface area contributed by atoms with Crippen molar-refractivity contribution in [2.45, 2.75) is 20.1 Å². The smallest absolute Gasteiger partial charge is 0.251 e. The molecule has 5 nitrogen and oxygen atoms in total. The zero-order valence-electron chi connectivity index (χ0n) is 14.5. The summed E-state index contributed by atoms with van der Waals surface area (Å²) in [5.41, 5.74) is 3.10. The molecule has 0 fully saturated rings. The predicted molar refractivity (Wildman–Crippen MR) is 99.0 cm³/mol. The number of ether oxygens (including phenoxy) is 1. The van der Waals surface area contributed by atoms with Crippen LogP contribution in [0.4, 0.5) is 0 Å². The number of hydrogen-bond acceptors (Lipinski definition) is 4. The molecule has 0 bridgehead atoms. The summed E-state index contributed by atoms with van der Waals surface area (Å²) in [6, 6.07) is 18.2. The summed E-state index contributed by atoms with van der Waals surface area (Å²) in [4.78, 5) is 16.6. The van der Waals surface area contributed by atoms with Crippen LogP contribution in [0.15, 0.2) is 66.9 Å². The van der Waals surface area contributed by atoms with E-state index in [0.717, 1.165) is 22.4 Å². The molecule has 2 N–H and O–H groups in total. The molecule has 0 saturated heterocycles. The van der Waals surface area contributed by atoms with Gasteiger partial charge in [0.2, 0.25) is 5.88 Å². The SMILES string of the molecule is Cc1ccccc1Oc1ncccc1CNC(=O)c1ccc(CO)cc1. The number of aryl methyl sites for hydroxylation is 1. The standard InChI is InChI=1S/C21H20N2O3/c1-15-5-2-3-7-19(15)26-21-18(6-4-12-22-21)13-23-20(25)17-10-8-16(14-24)9-11-17/h2-12,24H,13-14H2,1H3,(H,23,25). The first-order valence-corrected chi connectivity index (χ1v) is 8.33. The van der Waals surface area contributed by atoms with E-state index < -0.39 is 0 Å². The van der Waals surface area contributed by atoms with Gasteiger partial charge in [0.15, 0.2) is 0 Å². The first kappa shape index (κ1) is 17.6. The number of benzene rings is 2. The van der Waals surface area contributed by atoms with Crippen LogP contribution in [0.1, 0.15) is 27.0 Å². The number of rotatable bonds is 6. The molecule has 1 aromatic heterocycles. The zero-order valence-corrected chi connectivity index (χ0v) is 14.5. The first-order valence-electron chi connectivity index (χ1n) is 8.33. The Morgan fingerprint density at radius 1 is 1.08 bits per heavy atom. The number of amides is 1. The summed E-state index contributed by atoms with van der Waals surface area (Å²) in [6.45, 7) is 2.22. The lowest BCUT2D eigenvalue weighted by atomic mass is 10.1. The molecule has 1 heterocycles. The van der Waals surface area contributed by atoms with Crippen molar-refractivity contribution in [3.05, 3.63) is 89.1 Å². The second-order valence-electron chi connectivity index (χ2n) is 5.87. The van der Waals surface area contributed by atoms with E-state index in [2.05, 4.69) is 10.3 Å². The van der Waals surface area contributed by atoms with Crippen molar-refractivity contribution in [1.29, 1.82) is 0 Å². The van der Waals surface area contributed by atoms with Crippen LogP contribution < -0.4 is 10.1 Å². The lowest BCUT2D eigenvalue weighted by molar-refractivity contribution is 0.0950. The third-order valence-corrected chi connectivity index (χ3v) is 3.99. The molecular weight excluding hydrogens is 328 g/mol. The van der Waals surface area contributed by atoms with Crippen molar-refractivity contribution in [3.63, 3.8) is 0 Å². The van der Waals surface area contributed by atoms with Crippen LogP contribution in [0.25, 0.3) is 0 Å². The maximum absolute atomic E-state index is 12.3. The third kappa shape index (κ3) is 4.26. The van der Waals surface area contributed by atoms with E-state index in [-0.39, 0.29) is 12.5 Å². The van der Waals surface area contributed by atoms with Crippen LogP contribution in [-0.2, 0) is 13.2 Å². The van der Waals surface area contributed by atoms with Crippen molar-refractivity contribution < 1.29 is 14.6 Å². The van der Waals surface area contributed by atoms with E-state index in [1.165, 1.54) is 0 Å². The Kier molecular flexibility index (Phi) is 5.61. The molecule has 26 heavy (non-hydrogen) atoms. The molecule has 3 rings (SSSR count). The highest BCUT2D eigenvalue weighted by atomic mass is 16.5. The molecule has 0 radical (unpaired) electrons. The molecule has 132 valence electrons. The van der Waals surface area contributed by atoms with Gasteiger partial charge in [-0.15, -0.1) is 0 Å². The summed E-state index contributed by atoms with van der Waals surface area (Å²) in [5.74, 6) is 1.01. The second-order valence-corrected chi connectivity index (χ2v) is 5.87. The minimum atomic E-state index is -0.194. The number of aliphatic hydroxyl groups is 1. The highest BCUT2D eigenvalue weighted by Gasteiger charge is 2.10. The Morgan fingerprint density at radius 3 is 2.58 bits per heavy atom.